The first-order chi connectivity index (χ1) is 16.1. The Morgan fingerprint density at radius 1 is 1.21 bits per heavy atom. The number of nitriles is 1. The summed E-state index contributed by atoms with van der Waals surface area (Å²) in [6, 6.07) is 7.35. The third kappa shape index (κ3) is 4.85. The van der Waals surface area contributed by atoms with Crippen molar-refractivity contribution in [3.8, 4) is 6.07 Å². The van der Waals surface area contributed by atoms with E-state index in [4.69, 9.17) is 15.2 Å². The Kier molecular flexibility index (Phi) is 6.00. The van der Waals surface area contributed by atoms with Crippen LogP contribution in [-0.4, -0.2) is 75.3 Å². The van der Waals surface area contributed by atoms with Crippen molar-refractivity contribution in [2.75, 3.05) is 41.7 Å². The second kappa shape index (κ2) is 9.23. The Morgan fingerprint density at radius 2 is 2.03 bits per heavy atom. The fourth-order valence-electron chi connectivity index (χ4n) is 5.29. The van der Waals surface area contributed by atoms with Gasteiger partial charge in [0.2, 0.25) is 11.9 Å². The lowest BCUT2D eigenvalue weighted by atomic mass is 9.97. The number of piperazine rings is 1. The number of carbonyl (C=O) groups excluding carboxylic acids is 1. The molecular formula is C22H30N10O. The second-order valence-corrected chi connectivity index (χ2v) is 9.11. The van der Waals surface area contributed by atoms with E-state index in [1.165, 1.54) is 12.8 Å². The van der Waals surface area contributed by atoms with E-state index >= 15 is 0 Å². The average molecular weight is 451 g/mol. The fraction of sp³-hybridized carbons (Fsp3) is 0.591. The van der Waals surface area contributed by atoms with Gasteiger partial charge in [-0.3, -0.25) is 14.8 Å². The molecular weight excluding hydrogens is 420 g/mol. The molecule has 33 heavy (non-hydrogen) atoms. The molecule has 3 atom stereocenters. The Hall–Kier alpha value is -3.39. The highest BCUT2D eigenvalue weighted by Gasteiger charge is 2.40. The van der Waals surface area contributed by atoms with E-state index < -0.39 is 0 Å². The molecule has 0 radical (unpaired) electrons. The second-order valence-electron chi connectivity index (χ2n) is 9.11. The van der Waals surface area contributed by atoms with Crippen LogP contribution in [0.1, 0.15) is 37.8 Å². The Bertz CT molecular complexity index is 1030. The fourth-order valence-corrected chi connectivity index (χ4v) is 5.29. The van der Waals surface area contributed by atoms with Crippen LogP contribution in [0.3, 0.4) is 0 Å². The van der Waals surface area contributed by atoms with Gasteiger partial charge in [0.05, 0.1) is 12.6 Å². The first-order valence-electron chi connectivity index (χ1n) is 11.7. The van der Waals surface area contributed by atoms with Gasteiger partial charge in [0, 0.05) is 62.0 Å². The molecule has 11 nitrogen and oxygen atoms in total. The van der Waals surface area contributed by atoms with Crippen LogP contribution >= 0.6 is 0 Å². The van der Waals surface area contributed by atoms with E-state index in [2.05, 4.69) is 37.1 Å². The van der Waals surface area contributed by atoms with Crippen LogP contribution in [0.5, 0.6) is 0 Å². The minimum atomic E-state index is -0.00637. The van der Waals surface area contributed by atoms with Gasteiger partial charge < -0.3 is 20.9 Å². The molecule has 3 fully saturated rings. The van der Waals surface area contributed by atoms with Crippen LogP contribution in [0.2, 0.25) is 0 Å². The molecule has 0 aliphatic carbocycles. The van der Waals surface area contributed by atoms with Crippen molar-refractivity contribution >= 4 is 29.3 Å². The quantitative estimate of drug-likeness (QED) is 0.494. The summed E-state index contributed by atoms with van der Waals surface area (Å²) in [7, 11) is 0. The van der Waals surface area contributed by atoms with Gasteiger partial charge in [-0.15, -0.1) is 0 Å². The molecule has 3 saturated heterocycles. The lowest BCUT2D eigenvalue weighted by Gasteiger charge is -2.39. The summed E-state index contributed by atoms with van der Waals surface area (Å²) in [5.74, 6) is 2.58. The van der Waals surface area contributed by atoms with Crippen molar-refractivity contribution in [3.63, 3.8) is 0 Å². The number of anilines is 4. The molecule has 2 bridgehead atoms. The van der Waals surface area contributed by atoms with Crippen LogP contribution < -0.4 is 20.9 Å². The van der Waals surface area contributed by atoms with Gasteiger partial charge in [-0.25, -0.2) is 0 Å². The van der Waals surface area contributed by atoms with E-state index in [1.807, 2.05) is 24.0 Å². The number of rotatable bonds is 7. The monoisotopic (exact) mass is 450 g/mol. The normalized spacial score (nSPS) is 24.9. The number of nitrogens with one attached hydrogen (secondary N) is 4. The highest BCUT2D eigenvalue weighted by molar-refractivity contribution is 5.82. The van der Waals surface area contributed by atoms with Crippen molar-refractivity contribution in [2.45, 2.75) is 57.2 Å². The molecule has 11 heteroatoms. The average Bonchev–Trinajstić information content (AvgIpc) is 3.30. The predicted molar refractivity (Wildman–Crippen MR) is 124 cm³/mol. The third-order valence-electron chi connectivity index (χ3n) is 6.74. The minimum absolute atomic E-state index is 0.00637. The number of aromatic nitrogens is 4. The van der Waals surface area contributed by atoms with Gasteiger partial charge in [-0.05, 0) is 32.6 Å². The molecule has 2 aromatic heterocycles. The van der Waals surface area contributed by atoms with Gasteiger partial charge in [-0.1, -0.05) is 0 Å². The van der Waals surface area contributed by atoms with Gasteiger partial charge >= 0.3 is 0 Å². The van der Waals surface area contributed by atoms with Gasteiger partial charge in [-0.2, -0.15) is 20.3 Å². The molecule has 3 aliphatic rings. The number of H-pyrrole nitrogens is 1. The number of amides is 1. The zero-order chi connectivity index (χ0) is 22.8. The van der Waals surface area contributed by atoms with E-state index in [0.717, 1.165) is 25.1 Å². The Morgan fingerprint density at radius 3 is 2.73 bits per heavy atom. The van der Waals surface area contributed by atoms with E-state index in [9.17, 15) is 4.79 Å². The standard InChI is InChI=1S/C22H30N10O/c1-14-9-19(30-29-14)26-18-12-20(31-8-6-24-21(33)13-31)28-22(27-18)25-15-10-16-3-4-17(11-15)32(16)7-2-5-23/h9,12,15-17H,2-4,6-8,10-11,13H2,1H3,(H,24,33)(H3,25,26,27,28,29,30)/t15?,16-,17+. The van der Waals surface area contributed by atoms with E-state index in [-0.39, 0.29) is 18.5 Å². The number of aryl methyl sites for hydroxylation is 1. The molecule has 0 saturated carbocycles. The summed E-state index contributed by atoms with van der Waals surface area (Å²) in [6.07, 6.45) is 4.99. The Balaban J connectivity index is 1.35. The van der Waals surface area contributed by atoms with Gasteiger partial charge in [0.15, 0.2) is 5.82 Å². The summed E-state index contributed by atoms with van der Waals surface area (Å²) in [5.41, 5.74) is 0.955. The maximum absolute atomic E-state index is 11.9. The summed E-state index contributed by atoms with van der Waals surface area (Å²) >= 11 is 0. The minimum Gasteiger partial charge on any atom is -0.353 e. The molecule has 3 aliphatic heterocycles. The third-order valence-corrected chi connectivity index (χ3v) is 6.74. The van der Waals surface area contributed by atoms with Crippen molar-refractivity contribution in [3.05, 3.63) is 17.8 Å². The number of hydrogen-bond donors (Lipinski definition) is 4. The summed E-state index contributed by atoms with van der Waals surface area (Å²) in [6.45, 7) is 4.37. The zero-order valence-corrected chi connectivity index (χ0v) is 18.8. The summed E-state index contributed by atoms with van der Waals surface area (Å²) in [4.78, 5) is 25.9. The molecule has 174 valence electrons. The Labute approximate surface area is 193 Å². The number of nitrogens with zero attached hydrogens (tertiary/aromatic N) is 6. The molecule has 5 heterocycles. The van der Waals surface area contributed by atoms with Crippen molar-refractivity contribution in [1.29, 1.82) is 5.26 Å². The highest BCUT2D eigenvalue weighted by Crippen LogP contribution is 2.36. The van der Waals surface area contributed by atoms with Gasteiger partial charge in [0.1, 0.15) is 11.6 Å². The molecule has 1 unspecified atom stereocenters. The smallest absolute Gasteiger partial charge is 0.239 e. The molecule has 2 aromatic rings. The predicted octanol–water partition coefficient (Wildman–Crippen LogP) is 1.51. The number of hydrogen-bond acceptors (Lipinski definition) is 9. The van der Waals surface area contributed by atoms with E-state index in [0.29, 0.717) is 55.0 Å². The van der Waals surface area contributed by atoms with Crippen LogP contribution in [0.25, 0.3) is 0 Å². The SMILES string of the molecule is Cc1cc(Nc2cc(N3CCNC(=O)C3)nc(NC3C[C@H]4CC[C@@H](C3)N4CCC#N)n2)n[nH]1. The number of fused-ring (bicyclic) bond motifs is 2. The highest BCUT2D eigenvalue weighted by atomic mass is 16.2. The van der Waals surface area contributed by atoms with Crippen molar-refractivity contribution in [1.82, 2.24) is 30.4 Å². The summed E-state index contributed by atoms with van der Waals surface area (Å²) in [5, 5.41) is 25.8. The molecule has 4 N–H and O–H groups in total. The lowest BCUT2D eigenvalue weighted by Crippen LogP contribution is -2.48. The largest absolute Gasteiger partial charge is 0.353 e. The maximum atomic E-state index is 11.9. The topological polar surface area (TPSA) is 138 Å². The van der Waals surface area contributed by atoms with Crippen molar-refractivity contribution in [2.24, 2.45) is 0 Å². The van der Waals surface area contributed by atoms with Crippen LogP contribution in [-0.2, 0) is 4.79 Å². The van der Waals surface area contributed by atoms with Crippen LogP contribution in [0.4, 0.5) is 23.4 Å². The van der Waals surface area contributed by atoms with Crippen LogP contribution in [0.15, 0.2) is 12.1 Å². The van der Waals surface area contributed by atoms with Gasteiger partial charge in [0.25, 0.3) is 0 Å². The first kappa shape index (κ1) is 21.5. The van der Waals surface area contributed by atoms with Crippen molar-refractivity contribution < 1.29 is 4.79 Å². The van der Waals surface area contributed by atoms with Crippen LogP contribution in [0, 0.1) is 18.3 Å². The molecule has 0 aromatic carbocycles. The number of carbonyl (C=O) groups is 1. The van der Waals surface area contributed by atoms with E-state index in [1.54, 1.807) is 0 Å². The molecule has 5 rings (SSSR count). The summed E-state index contributed by atoms with van der Waals surface area (Å²) < 4.78 is 0. The first-order valence-corrected chi connectivity index (χ1v) is 11.7. The molecule has 0 spiro atoms. The molecule has 1 amide bonds. The number of aromatic amines is 1. The zero-order valence-electron chi connectivity index (χ0n) is 18.8. The lowest BCUT2D eigenvalue weighted by molar-refractivity contribution is -0.120. The number of piperidine rings is 1. The maximum Gasteiger partial charge on any atom is 0.239 e.